The van der Waals surface area contributed by atoms with Crippen LogP contribution in [-0.4, -0.2) is 70.9 Å². The fraction of sp³-hybridized carbons (Fsp3) is 0.565. The SMILES string of the molecule is Cc1ccc(S(=O)(=O)N2C=CNC(=O)[C@H]2CC(=O)N(O)C2CCN(C3CC3)CC2(C)C)cc1. The van der Waals surface area contributed by atoms with Gasteiger partial charge in [0.05, 0.1) is 17.4 Å². The van der Waals surface area contributed by atoms with Crippen molar-refractivity contribution in [1.82, 2.24) is 19.6 Å². The molecule has 1 aliphatic carbocycles. The Morgan fingerprint density at radius 2 is 1.88 bits per heavy atom. The minimum atomic E-state index is -4.06. The zero-order valence-electron chi connectivity index (χ0n) is 19.3. The number of nitrogens with one attached hydrogen (secondary N) is 1. The van der Waals surface area contributed by atoms with Crippen LogP contribution < -0.4 is 5.32 Å². The van der Waals surface area contributed by atoms with Gasteiger partial charge in [0, 0.05) is 36.9 Å². The van der Waals surface area contributed by atoms with Crippen LogP contribution in [0.5, 0.6) is 0 Å². The molecule has 1 saturated heterocycles. The first-order chi connectivity index (χ1) is 15.5. The van der Waals surface area contributed by atoms with Crippen LogP contribution >= 0.6 is 0 Å². The van der Waals surface area contributed by atoms with Gasteiger partial charge in [-0.25, -0.2) is 13.5 Å². The molecule has 0 radical (unpaired) electrons. The Balaban J connectivity index is 1.51. The van der Waals surface area contributed by atoms with Crippen LogP contribution in [0, 0.1) is 12.3 Å². The minimum Gasteiger partial charge on any atom is -0.329 e. The fourth-order valence-corrected chi connectivity index (χ4v) is 6.24. The molecule has 2 aliphatic heterocycles. The molecule has 1 saturated carbocycles. The maximum Gasteiger partial charge on any atom is 0.264 e. The lowest BCUT2D eigenvalue weighted by Gasteiger charge is -2.47. The number of rotatable bonds is 6. The maximum absolute atomic E-state index is 13.2. The highest BCUT2D eigenvalue weighted by Crippen LogP contribution is 2.38. The van der Waals surface area contributed by atoms with Crippen molar-refractivity contribution in [2.24, 2.45) is 5.41 Å². The van der Waals surface area contributed by atoms with Crippen LogP contribution in [-0.2, 0) is 19.6 Å². The minimum absolute atomic E-state index is 0.0272. The molecule has 2 heterocycles. The molecular formula is C23H32N4O5S. The number of carbonyl (C=O) groups excluding carboxylic acids is 2. The normalized spacial score (nSPS) is 25.6. The van der Waals surface area contributed by atoms with Crippen molar-refractivity contribution in [3.05, 3.63) is 42.2 Å². The second-order valence-electron chi connectivity index (χ2n) is 9.93. The first-order valence-corrected chi connectivity index (χ1v) is 12.8. The van der Waals surface area contributed by atoms with Crippen molar-refractivity contribution in [2.75, 3.05) is 13.1 Å². The van der Waals surface area contributed by atoms with Gasteiger partial charge in [0.15, 0.2) is 0 Å². The molecule has 1 aromatic carbocycles. The van der Waals surface area contributed by atoms with Crippen LogP contribution in [0.4, 0.5) is 0 Å². The van der Waals surface area contributed by atoms with E-state index in [1.807, 2.05) is 20.8 Å². The van der Waals surface area contributed by atoms with E-state index in [0.717, 1.165) is 28.0 Å². The zero-order chi connectivity index (χ0) is 24.0. The maximum atomic E-state index is 13.2. The summed E-state index contributed by atoms with van der Waals surface area (Å²) in [7, 11) is -4.06. The summed E-state index contributed by atoms with van der Waals surface area (Å²) in [6.07, 6.45) is 5.03. The van der Waals surface area contributed by atoms with Crippen molar-refractivity contribution >= 4 is 21.8 Å². The summed E-state index contributed by atoms with van der Waals surface area (Å²) in [5.41, 5.74) is 0.562. The van der Waals surface area contributed by atoms with E-state index in [-0.39, 0.29) is 10.3 Å². The second-order valence-corrected chi connectivity index (χ2v) is 11.8. The number of likely N-dealkylation sites (tertiary alicyclic amines) is 1. The quantitative estimate of drug-likeness (QED) is 0.479. The van der Waals surface area contributed by atoms with E-state index in [0.29, 0.717) is 12.5 Å². The van der Waals surface area contributed by atoms with Crippen LogP contribution in [0.1, 0.15) is 45.1 Å². The highest BCUT2D eigenvalue weighted by molar-refractivity contribution is 7.89. The molecule has 3 aliphatic rings. The van der Waals surface area contributed by atoms with Crippen molar-refractivity contribution in [3.63, 3.8) is 0 Å². The van der Waals surface area contributed by atoms with E-state index in [1.54, 1.807) is 12.1 Å². The second kappa shape index (κ2) is 8.73. The van der Waals surface area contributed by atoms with Crippen LogP contribution in [0.15, 0.2) is 41.6 Å². The van der Waals surface area contributed by atoms with Crippen molar-refractivity contribution in [1.29, 1.82) is 0 Å². The fourth-order valence-electron chi connectivity index (χ4n) is 4.79. The number of hydroxylamine groups is 2. The largest absolute Gasteiger partial charge is 0.329 e. The summed E-state index contributed by atoms with van der Waals surface area (Å²) in [6, 6.07) is 5.18. The Labute approximate surface area is 195 Å². The number of benzene rings is 1. The Morgan fingerprint density at radius 3 is 2.48 bits per heavy atom. The van der Waals surface area contributed by atoms with Crippen LogP contribution in [0.3, 0.4) is 0 Å². The molecule has 0 aromatic heterocycles. The lowest BCUT2D eigenvalue weighted by atomic mass is 9.78. The van der Waals surface area contributed by atoms with E-state index in [4.69, 9.17) is 0 Å². The lowest BCUT2D eigenvalue weighted by molar-refractivity contribution is -0.194. The van der Waals surface area contributed by atoms with Gasteiger partial charge in [-0.05, 0) is 38.3 Å². The molecule has 2 N–H and O–H groups in total. The standard InChI is InChI=1S/C23H32N4O5S/c1-16-4-8-18(9-5-16)33(31,32)26-13-11-24-22(29)19(26)14-21(28)27(30)20-10-12-25(17-6-7-17)15-23(20,2)3/h4-5,8-9,11,13,17,19-20,30H,6-7,10,12,14-15H2,1-3H3,(H,24,29)/t19-,20?/m1/s1. The topological polar surface area (TPSA) is 110 Å². The Bertz CT molecular complexity index is 1050. The molecule has 0 bridgehead atoms. The number of aryl methyl sites for hydroxylation is 1. The highest BCUT2D eigenvalue weighted by atomic mass is 32.2. The van der Waals surface area contributed by atoms with Crippen molar-refractivity contribution in [2.45, 2.75) is 69.5 Å². The van der Waals surface area contributed by atoms with Crippen LogP contribution in [0.25, 0.3) is 0 Å². The van der Waals surface area contributed by atoms with Crippen molar-refractivity contribution < 1.29 is 23.2 Å². The van der Waals surface area contributed by atoms with Gasteiger partial charge in [-0.3, -0.25) is 24.0 Å². The molecule has 2 atom stereocenters. The Morgan fingerprint density at radius 1 is 1.21 bits per heavy atom. The monoisotopic (exact) mass is 476 g/mol. The van der Waals surface area contributed by atoms with E-state index >= 15 is 0 Å². The number of piperidine rings is 1. The van der Waals surface area contributed by atoms with Gasteiger partial charge in [0.25, 0.3) is 10.0 Å². The van der Waals surface area contributed by atoms with Gasteiger partial charge < -0.3 is 5.32 Å². The average Bonchev–Trinajstić information content (AvgIpc) is 3.59. The first kappa shape index (κ1) is 23.7. The molecule has 10 heteroatoms. The van der Waals surface area contributed by atoms with E-state index in [1.165, 1.54) is 37.4 Å². The van der Waals surface area contributed by atoms with Gasteiger partial charge in [-0.15, -0.1) is 0 Å². The van der Waals surface area contributed by atoms with E-state index in [9.17, 15) is 23.2 Å². The number of carbonyl (C=O) groups is 2. The third-order valence-corrected chi connectivity index (χ3v) is 8.64. The van der Waals surface area contributed by atoms with Gasteiger partial charge >= 0.3 is 0 Å². The average molecular weight is 477 g/mol. The van der Waals surface area contributed by atoms with Gasteiger partial charge in [0.1, 0.15) is 6.04 Å². The van der Waals surface area contributed by atoms with E-state index in [2.05, 4.69) is 10.2 Å². The van der Waals surface area contributed by atoms with Gasteiger partial charge in [-0.2, -0.15) is 0 Å². The summed E-state index contributed by atoms with van der Waals surface area (Å²) < 4.78 is 27.3. The van der Waals surface area contributed by atoms with E-state index < -0.39 is 40.3 Å². The molecule has 2 amide bonds. The summed E-state index contributed by atoms with van der Waals surface area (Å²) in [4.78, 5) is 28.1. The predicted molar refractivity (Wildman–Crippen MR) is 121 cm³/mol. The van der Waals surface area contributed by atoms with Crippen LogP contribution in [0.2, 0.25) is 0 Å². The zero-order valence-corrected chi connectivity index (χ0v) is 20.1. The smallest absolute Gasteiger partial charge is 0.264 e. The molecule has 2 fully saturated rings. The Hall–Kier alpha value is -2.43. The molecule has 9 nitrogen and oxygen atoms in total. The molecule has 4 rings (SSSR count). The third kappa shape index (κ3) is 4.78. The molecule has 1 aromatic rings. The first-order valence-electron chi connectivity index (χ1n) is 11.3. The summed E-state index contributed by atoms with van der Waals surface area (Å²) in [5, 5.41) is 14.0. The lowest BCUT2D eigenvalue weighted by Crippen LogP contribution is -2.58. The van der Waals surface area contributed by atoms with Crippen molar-refractivity contribution in [3.8, 4) is 0 Å². The summed E-state index contributed by atoms with van der Waals surface area (Å²) in [6.45, 7) is 7.45. The number of hydrogen-bond donors (Lipinski definition) is 2. The predicted octanol–water partition coefficient (Wildman–Crippen LogP) is 1.83. The Kier molecular flexibility index (Phi) is 6.28. The molecular weight excluding hydrogens is 444 g/mol. The van der Waals surface area contributed by atoms with Gasteiger partial charge in [-0.1, -0.05) is 31.5 Å². The molecule has 0 spiro atoms. The number of hydrogen-bond acceptors (Lipinski definition) is 6. The van der Waals surface area contributed by atoms with Gasteiger partial charge in [0.2, 0.25) is 11.8 Å². The molecule has 33 heavy (non-hydrogen) atoms. The summed E-state index contributed by atoms with van der Waals surface area (Å²) >= 11 is 0. The highest BCUT2D eigenvalue weighted by Gasteiger charge is 2.45. The number of nitrogens with zero attached hydrogens (tertiary/aromatic N) is 3. The number of amides is 2. The molecule has 1 unspecified atom stereocenters. The summed E-state index contributed by atoms with van der Waals surface area (Å²) in [5.74, 6) is -1.29. The third-order valence-electron chi connectivity index (χ3n) is 6.84. The number of sulfonamides is 1. The molecule has 180 valence electrons.